The molecular weight excluding hydrogens is 307 g/mol. The van der Waals surface area contributed by atoms with Crippen LogP contribution < -0.4 is 0 Å². The fourth-order valence-corrected chi connectivity index (χ4v) is 11.1. The molecule has 0 nitrogen and oxygen atoms in total. The van der Waals surface area contributed by atoms with E-state index >= 15 is 0 Å². The van der Waals surface area contributed by atoms with Gasteiger partial charge in [0.25, 0.3) is 0 Å². The van der Waals surface area contributed by atoms with E-state index in [2.05, 4.69) is 69.3 Å². The van der Waals surface area contributed by atoms with Crippen LogP contribution in [0.2, 0.25) is 0 Å². The molecule has 19 heavy (non-hydrogen) atoms. The summed E-state index contributed by atoms with van der Waals surface area (Å²) in [4.78, 5) is 0. The standard InChI is InChI=1S/C9H7.C6H7.C3H6.Zr/c1-2-5-9-7-3-6-8(9)4-1;1-6-4-2-3-5-6;1-3-2;/h1-7H;4-5H,2H2,1H3;1-2H3;. The molecule has 2 aliphatic carbocycles. The third kappa shape index (κ3) is 2.46. The second kappa shape index (κ2) is 5.29. The molecule has 1 heteroatoms. The van der Waals surface area contributed by atoms with Crippen LogP contribution in [0, 0.1) is 0 Å². The zero-order valence-corrected chi connectivity index (χ0v) is 14.4. The van der Waals surface area contributed by atoms with E-state index in [4.69, 9.17) is 0 Å². The van der Waals surface area contributed by atoms with Gasteiger partial charge < -0.3 is 0 Å². The van der Waals surface area contributed by atoms with Crippen molar-refractivity contribution in [3.8, 4) is 0 Å². The Morgan fingerprint density at radius 3 is 2.68 bits per heavy atom. The molecule has 0 saturated carbocycles. The minimum absolute atomic E-state index is 0.717. The molecule has 0 fully saturated rings. The Hall–Kier alpha value is -0.807. The van der Waals surface area contributed by atoms with Crippen LogP contribution in [-0.4, -0.2) is 3.21 Å². The van der Waals surface area contributed by atoms with Gasteiger partial charge in [-0.05, 0) is 0 Å². The summed E-state index contributed by atoms with van der Waals surface area (Å²) in [6, 6.07) is 8.93. The zero-order valence-electron chi connectivity index (χ0n) is 11.9. The quantitative estimate of drug-likeness (QED) is 0.730. The van der Waals surface area contributed by atoms with Gasteiger partial charge in [-0.2, -0.15) is 0 Å². The molecule has 1 aromatic carbocycles. The molecule has 1 unspecified atom stereocenters. The average Bonchev–Trinajstić information content (AvgIpc) is 2.98. The monoisotopic (exact) mass is 326 g/mol. The first kappa shape index (κ1) is 13.2. The number of hydrogen-bond donors (Lipinski definition) is 0. The normalized spacial score (nSPS) is 20.1. The molecule has 0 radical (unpaired) electrons. The first-order valence-electron chi connectivity index (χ1n) is 6.99. The van der Waals surface area contributed by atoms with Crippen molar-refractivity contribution in [2.75, 3.05) is 0 Å². The first-order chi connectivity index (χ1) is 9.16. The molecule has 0 spiro atoms. The van der Waals surface area contributed by atoms with Crippen molar-refractivity contribution in [3.63, 3.8) is 0 Å². The summed E-state index contributed by atoms with van der Waals surface area (Å²) in [5, 5.41) is 0. The van der Waals surface area contributed by atoms with Gasteiger partial charge in [0, 0.05) is 0 Å². The minimum atomic E-state index is -1.71. The van der Waals surface area contributed by atoms with Gasteiger partial charge in [-0.1, -0.05) is 0 Å². The Morgan fingerprint density at radius 2 is 2.00 bits per heavy atom. The Kier molecular flexibility index (Phi) is 3.67. The fourth-order valence-electron chi connectivity index (χ4n) is 3.18. The fraction of sp³-hybridized carbons (Fsp3) is 0.278. The van der Waals surface area contributed by atoms with Crippen LogP contribution in [0.1, 0.15) is 41.9 Å². The second-order valence-corrected chi connectivity index (χ2v) is 13.3. The molecular formula is C18H20Zr. The van der Waals surface area contributed by atoms with Gasteiger partial charge in [0.1, 0.15) is 0 Å². The average molecular weight is 328 g/mol. The topological polar surface area (TPSA) is 0 Å². The first-order valence-corrected chi connectivity index (χ1v) is 10.9. The van der Waals surface area contributed by atoms with Crippen molar-refractivity contribution in [1.82, 2.24) is 0 Å². The van der Waals surface area contributed by atoms with Crippen LogP contribution in [0.3, 0.4) is 0 Å². The van der Waals surface area contributed by atoms with Gasteiger partial charge in [-0.15, -0.1) is 0 Å². The van der Waals surface area contributed by atoms with Crippen LogP contribution in [0.25, 0.3) is 6.08 Å². The number of hydrogen-bond acceptors (Lipinski definition) is 0. The summed E-state index contributed by atoms with van der Waals surface area (Å²) in [5.41, 5.74) is 4.48. The molecule has 0 amide bonds. The molecule has 3 rings (SSSR count). The summed E-state index contributed by atoms with van der Waals surface area (Å²) in [5.74, 6) is 0. The molecule has 1 atom stereocenters. The summed E-state index contributed by atoms with van der Waals surface area (Å²) >= 11 is -1.71. The van der Waals surface area contributed by atoms with Gasteiger partial charge in [0.2, 0.25) is 0 Å². The van der Waals surface area contributed by atoms with E-state index in [-0.39, 0.29) is 0 Å². The van der Waals surface area contributed by atoms with E-state index in [0.29, 0.717) is 3.63 Å². The van der Waals surface area contributed by atoms with Gasteiger partial charge in [-0.25, -0.2) is 0 Å². The molecule has 0 aliphatic heterocycles. The van der Waals surface area contributed by atoms with Crippen LogP contribution in [0.4, 0.5) is 0 Å². The van der Waals surface area contributed by atoms with Crippen LogP contribution in [0.5, 0.6) is 0 Å². The van der Waals surface area contributed by atoms with Crippen LogP contribution >= 0.6 is 0 Å². The summed E-state index contributed by atoms with van der Waals surface area (Å²) in [6.45, 7) is 6.95. The zero-order chi connectivity index (χ0) is 13.4. The molecule has 0 aromatic heterocycles. The third-order valence-corrected chi connectivity index (χ3v) is 12.0. The molecule has 1 aromatic rings. The number of fused-ring (bicyclic) bond motifs is 1. The molecule has 2 aliphatic rings. The molecule has 0 heterocycles. The predicted molar refractivity (Wildman–Crippen MR) is 81.0 cm³/mol. The van der Waals surface area contributed by atoms with E-state index in [0.717, 1.165) is 0 Å². The Balaban J connectivity index is 2.04. The van der Waals surface area contributed by atoms with Gasteiger partial charge in [0.05, 0.1) is 0 Å². The number of allylic oxidation sites excluding steroid dienone is 5. The molecule has 0 saturated heterocycles. The van der Waals surface area contributed by atoms with Crippen molar-refractivity contribution in [1.29, 1.82) is 0 Å². The summed E-state index contributed by atoms with van der Waals surface area (Å²) < 4.78 is 4.20. The van der Waals surface area contributed by atoms with Crippen molar-refractivity contribution in [3.05, 3.63) is 62.5 Å². The van der Waals surface area contributed by atoms with Gasteiger partial charge in [-0.3, -0.25) is 0 Å². The second-order valence-electron chi connectivity index (χ2n) is 5.70. The van der Waals surface area contributed by atoms with E-state index in [9.17, 15) is 0 Å². The molecule has 0 N–H and O–H groups in total. The van der Waals surface area contributed by atoms with E-state index < -0.39 is 21.3 Å². The van der Waals surface area contributed by atoms with Crippen molar-refractivity contribution < 1.29 is 21.3 Å². The Bertz CT molecular complexity index is 637. The summed E-state index contributed by atoms with van der Waals surface area (Å²) in [6.07, 6.45) is 10.9. The van der Waals surface area contributed by atoms with Gasteiger partial charge >= 0.3 is 124 Å². The van der Waals surface area contributed by atoms with Crippen molar-refractivity contribution in [2.45, 2.75) is 30.8 Å². The van der Waals surface area contributed by atoms with Crippen LogP contribution in [0.15, 0.2) is 51.3 Å². The van der Waals surface area contributed by atoms with Crippen LogP contribution in [-0.2, 0) is 21.3 Å². The van der Waals surface area contributed by atoms with E-state index in [1.807, 2.05) is 0 Å². The van der Waals surface area contributed by atoms with E-state index in [1.54, 1.807) is 12.1 Å². The van der Waals surface area contributed by atoms with Crippen molar-refractivity contribution in [2.24, 2.45) is 0 Å². The van der Waals surface area contributed by atoms with Crippen molar-refractivity contribution >= 4 is 9.28 Å². The maximum atomic E-state index is 2.47. The number of rotatable bonds is 2. The predicted octanol–water partition coefficient (Wildman–Crippen LogP) is 4.82. The Labute approximate surface area is 123 Å². The Morgan fingerprint density at radius 1 is 1.21 bits per heavy atom. The molecule has 0 bridgehead atoms. The third-order valence-electron chi connectivity index (χ3n) is 4.04. The number of benzene rings is 1. The molecule has 96 valence electrons. The van der Waals surface area contributed by atoms with E-state index in [1.165, 1.54) is 17.6 Å². The maximum absolute atomic E-state index is 2.47. The summed E-state index contributed by atoms with van der Waals surface area (Å²) in [7, 11) is 0. The van der Waals surface area contributed by atoms with Gasteiger partial charge in [0.15, 0.2) is 0 Å². The SMILES string of the molecule is CC1=CC[C]([Zr](=[C](C)C)[CH]2C=Cc3ccccc32)=C1.